The van der Waals surface area contributed by atoms with Gasteiger partial charge in [-0.3, -0.25) is 14.4 Å². The first kappa shape index (κ1) is 16.5. The summed E-state index contributed by atoms with van der Waals surface area (Å²) in [4.78, 5) is 36.7. The van der Waals surface area contributed by atoms with Crippen molar-refractivity contribution in [2.75, 3.05) is 13.1 Å². The number of nitrogens with zero attached hydrogens (tertiary/aromatic N) is 1. The van der Waals surface area contributed by atoms with Gasteiger partial charge in [-0.1, -0.05) is 6.42 Å². The van der Waals surface area contributed by atoms with E-state index in [4.69, 9.17) is 4.74 Å². The van der Waals surface area contributed by atoms with E-state index in [-0.39, 0.29) is 24.4 Å². The molecule has 114 valence electrons. The quantitative estimate of drug-likeness (QED) is 0.759. The molecule has 1 aliphatic heterocycles. The minimum absolute atomic E-state index is 0.00385. The van der Waals surface area contributed by atoms with E-state index in [1.54, 1.807) is 0 Å². The molecule has 0 spiro atoms. The van der Waals surface area contributed by atoms with Crippen LogP contribution in [0.1, 0.15) is 46.5 Å². The zero-order valence-electron chi connectivity index (χ0n) is 12.5. The summed E-state index contributed by atoms with van der Waals surface area (Å²) in [6.45, 7) is 5.71. The Morgan fingerprint density at radius 3 is 2.60 bits per heavy atom. The second-order valence-electron chi connectivity index (χ2n) is 5.42. The normalized spacial score (nSPS) is 17.6. The molecule has 1 rings (SSSR count). The largest absolute Gasteiger partial charge is 0.451 e. The number of nitrogens with one attached hydrogen (secondary N) is 1. The molecule has 0 radical (unpaired) electrons. The molecule has 2 amide bonds. The van der Waals surface area contributed by atoms with Crippen molar-refractivity contribution in [1.29, 1.82) is 0 Å². The van der Waals surface area contributed by atoms with Crippen LogP contribution in [-0.2, 0) is 19.1 Å². The predicted octanol–water partition coefficient (Wildman–Crippen LogP) is 0.845. The topological polar surface area (TPSA) is 75.7 Å². The maximum atomic E-state index is 11.8. The Morgan fingerprint density at radius 1 is 1.25 bits per heavy atom. The third-order valence-electron chi connectivity index (χ3n) is 3.10. The number of carbonyl (C=O) groups excluding carboxylic acids is 3. The highest BCUT2D eigenvalue weighted by atomic mass is 16.5. The van der Waals surface area contributed by atoms with Crippen LogP contribution in [0, 0.1) is 0 Å². The Hall–Kier alpha value is -1.59. The van der Waals surface area contributed by atoms with Crippen molar-refractivity contribution in [3.05, 3.63) is 0 Å². The van der Waals surface area contributed by atoms with Gasteiger partial charge in [-0.2, -0.15) is 0 Å². The molecule has 0 aliphatic carbocycles. The summed E-state index contributed by atoms with van der Waals surface area (Å²) >= 11 is 0. The number of hydrogen-bond acceptors (Lipinski definition) is 4. The second-order valence-corrected chi connectivity index (χ2v) is 5.42. The molecule has 1 unspecified atom stereocenters. The molecule has 0 aromatic rings. The molecule has 0 aromatic carbocycles. The van der Waals surface area contributed by atoms with E-state index in [1.165, 1.54) is 11.8 Å². The highest BCUT2D eigenvalue weighted by Crippen LogP contribution is 2.11. The number of carbonyl (C=O) groups is 3. The predicted molar refractivity (Wildman–Crippen MR) is 73.9 cm³/mol. The van der Waals surface area contributed by atoms with Gasteiger partial charge in [-0.25, -0.2) is 0 Å². The van der Waals surface area contributed by atoms with Gasteiger partial charge in [0.1, 0.15) is 6.54 Å². The Balaban J connectivity index is 2.42. The van der Waals surface area contributed by atoms with Crippen molar-refractivity contribution in [3.63, 3.8) is 0 Å². The fourth-order valence-corrected chi connectivity index (χ4v) is 2.05. The number of amides is 2. The van der Waals surface area contributed by atoms with Gasteiger partial charge in [-0.05, 0) is 33.6 Å². The number of esters is 1. The van der Waals surface area contributed by atoms with Gasteiger partial charge in [0.2, 0.25) is 5.91 Å². The Morgan fingerprint density at radius 2 is 1.95 bits per heavy atom. The first-order valence-electron chi connectivity index (χ1n) is 7.17. The summed E-state index contributed by atoms with van der Waals surface area (Å²) in [6, 6.07) is -0.00385. The molecule has 1 atom stereocenters. The molecule has 1 fully saturated rings. The van der Waals surface area contributed by atoms with Crippen molar-refractivity contribution >= 4 is 17.8 Å². The van der Waals surface area contributed by atoms with E-state index in [1.807, 2.05) is 13.8 Å². The average molecular weight is 284 g/mol. The van der Waals surface area contributed by atoms with E-state index in [2.05, 4.69) is 5.32 Å². The Bertz CT molecular complexity index is 368. The van der Waals surface area contributed by atoms with Gasteiger partial charge in [0.05, 0.1) is 0 Å². The highest BCUT2D eigenvalue weighted by molar-refractivity contribution is 5.86. The van der Waals surface area contributed by atoms with Crippen molar-refractivity contribution < 1.29 is 19.1 Å². The fraction of sp³-hybridized carbons (Fsp3) is 0.786. The molecule has 0 aromatic heterocycles. The Kier molecular flexibility index (Phi) is 6.48. The van der Waals surface area contributed by atoms with E-state index in [9.17, 15) is 14.4 Å². The molecule has 1 N–H and O–H groups in total. The molecule has 1 heterocycles. The minimum Gasteiger partial charge on any atom is -0.451 e. The molecule has 6 heteroatoms. The summed E-state index contributed by atoms with van der Waals surface area (Å²) in [5.74, 6) is -0.874. The maximum absolute atomic E-state index is 11.8. The first-order chi connectivity index (χ1) is 9.40. The average Bonchev–Trinajstić information content (AvgIpc) is 2.54. The van der Waals surface area contributed by atoms with Gasteiger partial charge in [0.25, 0.3) is 5.91 Å². The SMILES string of the molecule is CC(C)NC(=O)C(C)OC(=O)CN1CCCCCC1=O. The van der Waals surface area contributed by atoms with Crippen LogP contribution < -0.4 is 5.32 Å². The van der Waals surface area contributed by atoms with E-state index in [0.717, 1.165) is 19.3 Å². The van der Waals surface area contributed by atoms with Gasteiger partial charge in [-0.15, -0.1) is 0 Å². The molecular formula is C14H24N2O4. The smallest absolute Gasteiger partial charge is 0.326 e. The summed E-state index contributed by atoms with van der Waals surface area (Å²) in [5, 5.41) is 2.67. The van der Waals surface area contributed by atoms with Gasteiger partial charge in [0.15, 0.2) is 6.10 Å². The van der Waals surface area contributed by atoms with Crippen LogP contribution in [0.3, 0.4) is 0 Å². The summed E-state index contributed by atoms with van der Waals surface area (Å²) in [5.41, 5.74) is 0. The molecule has 0 saturated carbocycles. The maximum Gasteiger partial charge on any atom is 0.326 e. The van der Waals surface area contributed by atoms with Crippen molar-refractivity contribution in [1.82, 2.24) is 10.2 Å². The fourth-order valence-electron chi connectivity index (χ4n) is 2.05. The van der Waals surface area contributed by atoms with E-state index >= 15 is 0 Å². The lowest BCUT2D eigenvalue weighted by Gasteiger charge is -2.21. The number of rotatable bonds is 5. The highest BCUT2D eigenvalue weighted by Gasteiger charge is 2.23. The van der Waals surface area contributed by atoms with Crippen molar-refractivity contribution in [2.45, 2.75) is 58.6 Å². The van der Waals surface area contributed by atoms with Crippen molar-refractivity contribution in [2.24, 2.45) is 0 Å². The molecule has 1 saturated heterocycles. The molecular weight excluding hydrogens is 260 g/mol. The number of likely N-dealkylation sites (tertiary alicyclic amines) is 1. The van der Waals surface area contributed by atoms with Gasteiger partial charge in [0, 0.05) is 19.0 Å². The monoisotopic (exact) mass is 284 g/mol. The van der Waals surface area contributed by atoms with Crippen LogP contribution in [0.5, 0.6) is 0 Å². The van der Waals surface area contributed by atoms with Crippen LogP contribution in [0.25, 0.3) is 0 Å². The van der Waals surface area contributed by atoms with Crippen LogP contribution in [0.2, 0.25) is 0 Å². The van der Waals surface area contributed by atoms with E-state index < -0.39 is 12.1 Å². The van der Waals surface area contributed by atoms with Crippen molar-refractivity contribution in [3.8, 4) is 0 Å². The lowest BCUT2D eigenvalue weighted by molar-refractivity contribution is -0.157. The van der Waals surface area contributed by atoms with E-state index in [0.29, 0.717) is 13.0 Å². The van der Waals surface area contributed by atoms with Crippen LogP contribution >= 0.6 is 0 Å². The lowest BCUT2D eigenvalue weighted by atomic mass is 10.2. The Labute approximate surface area is 119 Å². The molecule has 1 aliphatic rings. The zero-order valence-corrected chi connectivity index (χ0v) is 12.5. The molecule has 6 nitrogen and oxygen atoms in total. The standard InChI is InChI=1S/C14H24N2O4/c1-10(2)15-14(19)11(3)20-13(18)9-16-8-6-4-5-7-12(16)17/h10-11H,4-9H2,1-3H3,(H,15,19). The molecule has 20 heavy (non-hydrogen) atoms. The second kappa shape index (κ2) is 7.87. The number of hydrogen-bond donors (Lipinski definition) is 1. The summed E-state index contributed by atoms with van der Waals surface area (Å²) in [6.07, 6.45) is 2.42. The zero-order chi connectivity index (χ0) is 15.1. The summed E-state index contributed by atoms with van der Waals surface area (Å²) < 4.78 is 5.06. The summed E-state index contributed by atoms with van der Waals surface area (Å²) in [7, 11) is 0. The van der Waals surface area contributed by atoms with Crippen LogP contribution in [0.15, 0.2) is 0 Å². The third kappa shape index (κ3) is 5.59. The van der Waals surface area contributed by atoms with Gasteiger partial charge < -0.3 is 15.0 Å². The third-order valence-corrected chi connectivity index (χ3v) is 3.10. The lowest BCUT2D eigenvalue weighted by Crippen LogP contribution is -2.42. The van der Waals surface area contributed by atoms with Gasteiger partial charge >= 0.3 is 5.97 Å². The molecule has 0 bridgehead atoms. The minimum atomic E-state index is -0.841. The van der Waals surface area contributed by atoms with Crippen LogP contribution in [-0.4, -0.2) is 47.9 Å². The van der Waals surface area contributed by atoms with Crippen LogP contribution in [0.4, 0.5) is 0 Å². The number of ether oxygens (including phenoxy) is 1. The first-order valence-corrected chi connectivity index (χ1v) is 7.17.